The highest BCUT2D eigenvalue weighted by Gasteiger charge is 2.26. The second kappa shape index (κ2) is 6.51. The Balaban J connectivity index is 1.89. The van der Waals surface area contributed by atoms with Gasteiger partial charge in [-0.2, -0.15) is 0 Å². The number of likely N-dealkylation sites (tertiary alicyclic amines) is 1. The summed E-state index contributed by atoms with van der Waals surface area (Å²) in [7, 11) is 1.54. The van der Waals surface area contributed by atoms with Crippen LogP contribution in [0.1, 0.15) is 35.5 Å². The molecule has 1 aromatic heterocycles. The zero-order valence-electron chi connectivity index (χ0n) is 11.4. The first kappa shape index (κ1) is 14.5. The molecule has 2 rings (SSSR count). The van der Waals surface area contributed by atoms with Crippen molar-refractivity contribution in [3.63, 3.8) is 0 Å². The molecule has 110 valence electrons. The first-order chi connectivity index (χ1) is 9.60. The molecule has 1 saturated heterocycles. The quantitative estimate of drug-likeness (QED) is 0.870. The van der Waals surface area contributed by atoms with Gasteiger partial charge in [0.05, 0.1) is 0 Å². The Labute approximate surface area is 116 Å². The molecule has 0 radical (unpaired) electrons. The first-order valence-corrected chi connectivity index (χ1v) is 6.55. The number of ether oxygens (including phenoxy) is 1. The molecule has 2 heterocycles. The third-order valence-corrected chi connectivity index (χ3v) is 3.43. The fraction of sp³-hybridized carbons (Fsp3) is 0.615. The van der Waals surface area contributed by atoms with Crippen molar-refractivity contribution < 1.29 is 24.0 Å². The lowest BCUT2D eigenvalue weighted by atomic mass is 9.93. The highest BCUT2D eigenvalue weighted by molar-refractivity contribution is 5.92. The number of piperidine rings is 1. The van der Waals surface area contributed by atoms with E-state index in [1.54, 1.807) is 11.0 Å². The van der Waals surface area contributed by atoms with Crippen molar-refractivity contribution in [2.45, 2.75) is 25.9 Å². The second-order valence-electron chi connectivity index (χ2n) is 4.94. The molecule has 0 aliphatic carbocycles. The molecule has 7 heteroatoms. The number of hydrogen-bond donors (Lipinski definition) is 1. The number of carboxylic acids is 1. The molecule has 7 nitrogen and oxygen atoms in total. The highest BCUT2D eigenvalue weighted by atomic mass is 16.5. The maximum Gasteiger partial charge on any atom is 0.303 e. The summed E-state index contributed by atoms with van der Waals surface area (Å²) in [6.07, 6.45) is 1.59. The highest BCUT2D eigenvalue weighted by Crippen LogP contribution is 2.21. The largest absolute Gasteiger partial charge is 0.481 e. The lowest BCUT2D eigenvalue weighted by Gasteiger charge is -2.30. The van der Waals surface area contributed by atoms with Gasteiger partial charge in [-0.1, -0.05) is 5.16 Å². The predicted molar refractivity (Wildman–Crippen MR) is 68.1 cm³/mol. The van der Waals surface area contributed by atoms with Gasteiger partial charge in [0.15, 0.2) is 11.5 Å². The molecule has 1 fully saturated rings. The Hall–Kier alpha value is -1.89. The van der Waals surface area contributed by atoms with Gasteiger partial charge in [0.25, 0.3) is 5.91 Å². The van der Waals surface area contributed by atoms with Gasteiger partial charge < -0.3 is 19.3 Å². The zero-order valence-corrected chi connectivity index (χ0v) is 11.4. The fourth-order valence-corrected chi connectivity index (χ4v) is 2.37. The minimum absolute atomic E-state index is 0.151. The van der Waals surface area contributed by atoms with Gasteiger partial charge in [-0.25, -0.2) is 0 Å². The van der Waals surface area contributed by atoms with E-state index in [2.05, 4.69) is 5.16 Å². The second-order valence-corrected chi connectivity index (χ2v) is 4.94. The van der Waals surface area contributed by atoms with Gasteiger partial charge in [-0.05, 0) is 18.8 Å². The molecule has 20 heavy (non-hydrogen) atoms. The number of carboxylic acid groups (broad SMARTS) is 1. The smallest absolute Gasteiger partial charge is 0.303 e. The number of rotatable bonds is 5. The number of methoxy groups -OCH3 is 1. The lowest BCUT2D eigenvalue weighted by Crippen LogP contribution is -2.39. The van der Waals surface area contributed by atoms with Crippen LogP contribution in [0.25, 0.3) is 0 Å². The van der Waals surface area contributed by atoms with Crippen LogP contribution in [0.5, 0.6) is 0 Å². The van der Waals surface area contributed by atoms with E-state index in [1.165, 1.54) is 7.11 Å². The van der Waals surface area contributed by atoms with Gasteiger partial charge >= 0.3 is 5.97 Å². The molecule has 1 N–H and O–H groups in total. The molecular formula is C13H18N2O5. The maximum absolute atomic E-state index is 12.2. The number of aromatic nitrogens is 1. The minimum Gasteiger partial charge on any atom is -0.481 e. The third-order valence-electron chi connectivity index (χ3n) is 3.43. The molecule has 1 amide bonds. The summed E-state index contributed by atoms with van der Waals surface area (Å²) in [5, 5.41) is 12.5. The molecule has 0 aromatic carbocycles. The molecule has 1 aliphatic rings. The number of carbonyl (C=O) groups excluding carboxylic acids is 1. The van der Waals surface area contributed by atoms with E-state index in [4.69, 9.17) is 14.4 Å². The summed E-state index contributed by atoms with van der Waals surface area (Å²) in [6.45, 7) is 1.40. The average Bonchev–Trinajstić information content (AvgIpc) is 2.87. The van der Waals surface area contributed by atoms with Crippen LogP contribution in [0.15, 0.2) is 10.6 Å². The SMILES string of the molecule is COCc1cc(C(=O)N2CCC(CC(=O)O)CC2)no1. The Morgan fingerprint density at radius 3 is 2.80 bits per heavy atom. The van der Waals surface area contributed by atoms with Crippen molar-refractivity contribution in [2.24, 2.45) is 5.92 Å². The summed E-state index contributed by atoms with van der Waals surface area (Å²) in [4.78, 5) is 24.5. The van der Waals surface area contributed by atoms with Crippen molar-refractivity contribution in [2.75, 3.05) is 20.2 Å². The Bertz CT molecular complexity index is 477. The molecule has 0 unspecified atom stereocenters. The molecule has 0 atom stereocenters. The molecular weight excluding hydrogens is 264 g/mol. The molecule has 0 bridgehead atoms. The predicted octanol–water partition coefficient (Wildman–Crippen LogP) is 1.15. The molecule has 0 saturated carbocycles. The summed E-state index contributed by atoms with van der Waals surface area (Å²) >= 11 is 0. The van der Waals surface area contributed by atoms with Crippen LogP contribution < -0.4 is 0 Å². The van der Waals surface area contributed by atoms with Crippen LogP contribution in [0.3, 0.4) is 0 Å². The fourth-order valence-electron chi connectivity index (χ4n) is 2.37. The van der Waals surface area contributed by atoms with Crippen LogP contribution in [0.2, 0.25) is 0 Å². The Kier molecular flexibility index (Phi) is 4.73. The number of aliphatic carboxylic acids is 1. The summed E-state index contributed by atoms with van der Waals surface area (Å²) in [5.74, 6) is -0.296. The number of carbonyl (C=O) groups is 2. The lowest BCUT2D eigenvalue weighted by molar-refractivity contribution is -0.138. The average molecular weight is 282 g/mol. The van der Waals surface area contributed by atoms with Gasteiger partial charge in [0, 0.05) is 32.7 Å². The van der Waals surface area contributed by atoms with E-state index in [0.29, 0.717) is 31.7 Å². The monoisotopic (exact) mass is 282 g/mol. The number of hydrogen-bond acceptors (Lipinski definition) is 5. The number of amides is 1. The minimum atomic E-state index is -0.782. The van der Waals surface area contributed by atoms with Crippen molar-refractivity contribution in [3.05, 3.63) is 17.5 Å². The van der Waals surface area contributed by atoms with E-state index in [9.17, 15) is 9.59 Å². The van der Waals surface area contributed by atoms with Crippen molar-refractivity contribution in [3.8, 4) is 0 Å². The van der Waals surface area contributed by atoms with Crippen LogP contribution in [-0.2, 0) is 16.1 Å². The standard InChI is InChI=1S/C13H18N2O5/c1-19-8-10-7-11(14-20-10)13(18)15-4-2-9(3-5-15)6-12(16)17/h7,9H,2-6,8H2,1H3,(H,16,17). The van der Waals surface area contributed by atoms with Crippen LogP contribution in [0, 0.1) is 5.92 Å². The zero-order chi connectivity index (χ0) is 14.5. The van der Waals surface area contributed by atoms with Crippen molar-refractivity contribution in [1.82, 2.24) is 10.1 Å². The van der Waals surface area contributed by atoms with Crippen molar-refractivity contribution in [1.29, 1.82) is 0 Å². The topological polar surface area (TPSA) is 92.9 Å². The van der Waals surface area contributed by atoms with E-state index >= 15 is 0 Å². The van der Waals surface area contributed by atoms with E-state index in [1.807, 2.05) is 0 Å². The molecule has 1 aliphatic heterocycles. The third kappa shape index (κ3) is 3.57. The molecule has 1 aromatic rings. The maximum atomic E-state index is 12.2. The van der Waals surface area contributed by atoms with Gasteiger partial charge in [-0.3, -0.25) is 9.59 Å². The van der Waals surface area contributed by atoms with E-state index < -0.39 is 5.97 Å². The summed E-state index contributed by atoms with van der Waals surface area (Å²) in [6, 6.07) is 1.58. The van der Waals surface area contributed by atoms with Crippen LogP contribution >= 0.6 is 0 Å². The summed E-state index contributed by atoms with van der Waals surface area (Å²) < 4.78 is 9.89. The van der Waals surface area contributed by atoms with Crippen LogP contribution in [-0.4, -0.2) is 47.2 Å². The van der Waals surface area contributed by atoms with Gasteiger partial charge in [-0.15, -0.1) is 0 Å². The number of nitrogens with zero attached hydrogens (tertiary/aromatic N) is 2. The van der Waals surface area contributed by atoms with Gasteiger partial charge in [0.2, 0.25) is 0 Å². The van der Waals surface area contributed by atoms with Crippen molar-refractivity contribution >= 4 is 11.9 Å². The van der Waals surface area contributed by atoms with E-state index in [-0.39, 0.29) is 30.5 Å². The first-order valence-electron chi connectivity index (χ1n) is 6.55. The Morgan fingerprint density at radius 2 is 2.20 bits per heavy atom. The van der Waals surface area contributed by atoms with Crippen LogP contribution in [0.4, 0.5) is 0 Å². The molecule has 0 spiro atoms. The normalized spacial score (nSPS) is 16.4. The van der Waals surface area contributed by atoms with E-state index in [0.717, 1.165) is 0 Å². The Morgan fingerprint density at radius 1 is 1.50 bits per heavy atom. The van der Waals surface area contributed by atoms with Gasteiger partial charge in [0.1, 0.15) is 6.61 Å². The summed E-state index contributed by atoms with van der Waals surface area (Å²) in [5.41, 5.74) is 0.272.